The number of piperidine rings is 1. The van der Waals surface area contributed by atoms with Gasteiger partial charge in [0.25, 0.3) is 10.0 Å². The maximum absolute atomic E-state index is 13.4. The maximum atomic E-state index is 13.4. The number of anilines is 1. The summed E-state index contributed by atoms with van der Waals surface area (Å²) in [5.41, 5.74) is 0.702. The van der Waals surface area contributed by atoms with Crippen LogP contribution in [0.1, 0.15) is 25.7 Å². The predicted molar refractivity (Wildman–Crippen MR) is 118 cm³/mol. The zero-order chi connectivity index (χ0) is 22.0. The molecule has 1 aliphatic heterocycles. The number of fused-ring (bicyclic) bond motifs is 1. The van der Waals surface area contributed by atoms with Crippen LogP contribution in [0.25, 0.3) is 10.2 Å². The Balaban J connectivity index is 1.54. The number of nitrogens with zero attached hydrogens (tertiary/aromatic N) is 2. The van der Waals surface area contributed by atoms with Gasteiger partial charge < -0.3 is 4.90 Å². The van der Waals surface area contributed by atoms with Crippen LogP contribution in [0, 0.1) is 5.82 Å². The number of thiazole rings is 1. The van der Waals surface area contributed by atoms with Crippen LogP contribution in [0.2, 0.25) is 0 Å². The molecule has 31 heavy (non-hydrogen) atoms. The Kier molecular flexibility index (Phi) is 6.10. The minimum atomic E-state index is -3.95. The van der Waals surface area contributed by atoms with Gasteiger partial charge in [-0.1, -0.05) is 17.4 Å². The Morgan fingerprint density at radius 3 is 2.61 bits per heavy atom. The SMILES string of the molecule is O=C(CCn1c(=O)sc2cc(S(=O)(=O)Nc3cccc(F)c3)ccc21)N1CCCCC1. The number of benzene rings is 2. The van der Waals surface area contributed by atoms with E-state index in [1.807, 2.05) is 4.90 Å². The molecular weight excluding hydrogens is 441 g/mol. The fourth-order valence-electron chi connectivity index (χ4n) is 3.70. The van der Waals surface area contributed by atoms with E-state index < -0.39 is 15.8 Å². The molecule has 4 rings (SSSR count). The predicted octanol–water partition coefficient (Wildman–Crippen LogP) is 3.41. The van der Waals surface area contributed by atoms with Gasteiger partial charge in [-0.25, -0.2) is 12.8 Å². The molecule has 0 saturated carbocycles. The molecule has 2 aromatic carbocycles. The van der Waals surface area contributed by atoms with Crippen molar-refractivity contribution in [1.82, 2.24) is 9.47 Å². The van der Waals surface area contributed by atoms with E-state index in [9.17, 15) is 22.4 Å². The first kappa shape index (κ1) is 21.5. The van der Waals surface area contributed by atoms with Crippen molar-refractivity contribution >= 4 is 43.2 Å². The van der Waals surface area contributed by atoms with E-state index in [0.29, 0.717) is 10.2 Å². The molecule has 3 aromatic rings. The molecule has 10 heteroatoms. The summed E-state index contributed by atoms with van der Waals surface area (Å²) >= 11 is 0.935. The van der Waals surface area contributed by atoms with E-state index in [4.69, 9.17) is 0 Å². The summed E-state index contributed by atoms with van der Waals surface area (Å²) in [7, 11) is -3.95. The first-order chi connectivity index (χ1) is 14.8. The lowest BCUT2D eigenvalue weighted by Crippen LogP contribution is -2.36. The Morgan fingerprint density at radius 2 is 1.87 bits per heavy atom. The van der Waals surface area contributed by atoms with E-state index in [1.54, 1.807) is 6.07 Å². The molecule has 0 spiro atoms. The number of hydrogen-bond acceptors (Lipinski definition) is 5. The molecule has 164 valence electrons. The maximum Gasteiger partial charge on any atom is 0.308 e. The topological polar surface area (TPSA) is 88.5 Å². The van der Waals surface area contributed by atoms with Crippen LogP contribution in [0.5, 0.6) is 0 Å². The van der Waals surface area contributed by atoms with Gasteiger partial charge in [0, 0.05) is 26.1 Å². The van der Waals surface area contributed by atoms with Crippen LogP contribution in [0.3, 0.4) is 0 Å². The molecule has 0 atom stereocenters. The molecule has 1 aromatic heterocycles. The van der Waals surface area contributed by atoms with E-state index >= 15 is 0 Å². The van der Waals surface area contributed by atoms with Crippen molar-refractivity contribution in [2.75, 3.05) is 17.8 Å². The van der Waals surface area contributed by atoms with Crippen molar-refractivity contribution in [2.45, 2.75) is 37.1 Å². The average Bonchev–Trinajstić information content (AvgIpc) is 3.06. The smallest absolute Gasteiger partial charge is 0.308 e. The second-order valence-electron chi connectivity index (χ2n) is 7.46. The number of aromatic nitrogens is 1. The van der Waals surface area contributed by atoms with Crippen molar-refractivity contribution in [2.24, 2.45) is 0 Å². The average molecular weight is 464 g/mol. The highest BCUT2D eigenvalue weighted by Crippen LogP contribution is 2.24. The highest BCUT2D eigenvalue weighted by molar-refractivity contribution is 7.92. The fraction of sp³-hybridized carbons (Fsp3) is 0.333. The van der Waals surface area contributed by atoms with Gasteiger partial charge in [-0.2, -0.15) is 0 Å². The number of sulfonamides is 1. The van der Waals surface area contributed by atoms with Crippen LogP contribution in [-0.2, 0) is 21.4 Å². The third-order valence-corrected chi connectivity index (χ3v) is 7.61. The number of nitrogens with one attached hydrogen (secondary N) is 1. The van der Waals surface area contributed by atoms with Crippen molar-refractivity contribution in [3.63, 3.8) is 0 Å². The molecule has 0 bridgehead atoms. The number of carbonyl (C=O) groups is 1. The zero-order valence-corrected chi connectivity index (χ0v) is 18.3. The Morgan fingerprint density at radius 1 is 1.10 bits per heavy atom. The highest BCUT2D eigenvalue weighted by atomic mass is 32.2. The van der Waals surface area contributed by atoms with Crippen LogP contribution >= 0.6 is 11.3 Å². The highest BCUT2D eigenvalue weighted by Gasteiger charge is 2.19. The largest absolute Gasteiger partial charge is 0.343 e. The summed E-state index contributed by atoms with van der Waals surface area (Å²) in [5, 5.41) is 0. The quantitative estimate of drug-likeness (QED) is 0.607. The number of hydrogen-bond donors (Lipinski definition) is 1. The van der Waals surface area contributed by atoms with Gasteiger partial charge in [0.15, 0.2) is 0 Å². The summed E-state index contributed by atoms with van der Waals surface area (Å²) in [6.07, 6.45) is 3.38. The fourth-order valence-corrected chi connectivity index (χ4v) is 5.81. The molecule has 0 unspecified atom stereocenters. The summed E-state index contributed by atoms with van der Waals surface area (Å²) in [6.45, 7) is 1.77. The van der Waals surface area contributed by atoms with Crippen molar-refractivity contribution in [3.05, 3.63) is 57.9 Å². The number of rotatable bonds is 6. The van der Waals surface area contributed by atoms with E-state index in [2.05, 4.69) is 4.72 Å². The summed E-state index contributed by atoms with van der Waals surface area (Å²) in [6, 6.07) is 9.56. The molecule has 1 fully saturated rings. The van der Waals surface area contributed by atoms with Crippen molar-refractivity contribution in [1.29, 1.82) is 0 Å². The van der Waals surface area contributed by atoms with Gasteiger partial charge in [0.05, 0.1) is 20.8 Å². The molecule has 0 aliphatic carbocycles. The minimum Gasteiger partial charge on any atom is -0.343 e. The van der Waals surface area contributed by atoms with Gasteiger partial charge in [-0.15, -0.1) is 0 Å². The zero-order valence-electron chi connectivity index (χ0n) is 16.7. The molecule has 1 N–H and O–H groups in total. The number of halogens is 1. The minimum absolute atomic E-state index is 0.0259. The van der Waals surface area contributed by atoms with Gasteiger partial charge in [0.2, 0.25) is 5.91 Å². The number of likely N-dealkylation sites (tertiary alicyclic amines) is 1. The van der Waals surface area contributed by atoms with E-state index in [-0.39, 0.29) is 34.3 Å². The monoisotopic (exact) mass is 463 g/mol. The normalized spacial score (nSPS) is 14.7. The van der Waals surface area contributed by atoms with Crippen LogP contribution in [0.4, 0.5) is 10.1 Å². The molecule has 1 aliphatic rings. The molecule has 0 radical (unpaired) electrons. The van der Waals surface area contributed by atoms with Crippen LogP contribution in [-0.4, -0.2) is 36.9 Å². The van der Waals surface area contributed by atoms with Crippen molar-refractivity contribution < 1.29 is 17.6 Å². The summed E-state index contributed by atoms with van der Waals surface area (Å²) in [5.74, 6) is -0.519. The lowest BCUT2D eigenvalue weighted by Gasteiger charge is -2.26. The van der Waals surface area contributed by atoms with Crippen LogP contribution in [0.15, 0.2) is 52.2 Å². The second-order valence-corrected chi connectivity index (χ2v) is 10.1. The molecule has 1 amide bonds. The third kappa shape index (κ3) is 4.80. The summed E-state index contributed by atoms with van der Waals surface area (Å²) in [4.78, 5) is 26.5. The first-order valence-electron chi connectivity index (χ1n) is 10.0. The second kappa shape index (κ2) is 8.80. The lowest BCUT2D eigenvalue weighted by molar-refractivity contribution is -0.132. The van der Waals surface area contributed by atoms with Crippen LogP contribution < -0.4 is 9.60 Å². The Labute approximate surface area is 183 Å². The van der Waals surface area contributed by atoms with E-state index in [0.717, 1.165) is 49.8 Å². The van der Waals surface area contributed by atoms with Gasteiger partial charge in [-0.3, -0.25) is 18.9 Å². The molecular formula is C21H22FN3O4S2. The Hall–Kier alpha value is -2.72. The van der Waals surface area contributed by atoms with Gasteiger partial charge in [0.1, 0.15) is 5.82 Å². The number of amides is 1. The van der Waals surface area contributed by atoms with Gasteiger partial charge >= 0.3 is 4.87 Å². The third-order valence-electron chi connectivity index (χ3n) is 5.28. The number of aryl methyl sites for hydroxylation is 1. The molecule has 2 heterocycles. The van der Waals surface area contributed by atoms with Gasteiger partial charge in [-0.05, 0) is 55.7 Å². The molecule has 7 nitrogen and oxygen atoms in total. The molecule has 1 saturated heterocycles. The lowest BCUT2D eigenvalue weighted by atomic mass is 10.1. The standard InChI is InChI=1S/C21H22FN3O4S2/c22-15-5-4-6-16(13-15)23-31(28,29)17-7-8-18-19(14-17)30-21(27)25(18)12-9-20(26)24-10-2-1-3-11-24/h4-8,13-14,23H,1-3,9-12H2. The number of carbonyl (C=O) groups excluding carboxylic acids is 1. The van der Waals surface area contributed by atoms with Crippen molar-refractivity contribution in [3.8, 4) is 0 Å². The Bertz CT molecular complexity index is 1280. The van der Waals surface area contributed by atoms with E-state index in [1.165, 1.54) is 34.9 Å². The summed E-state index contributed by atoms with van der Waals surface area (Å²) < 4.78 is 43.1. The first-order valence-corrected chi connectivity index (χ1v) is 12.3.